The number of aryl methyl sites for hydroxylation is 2. The van der Waals surface area contributed by atoms with Crippen molar-refractivity contribution in [2.75, 3.05) is 5.75 Å². The van der Waals surface area contributed by atoms with Crippen LogP contribution in [0.4, 0.5) is 0 Å². The summed E-state index contributed by atoms with van der Waals surface area (Å²) in [6.45, 7) is 8.70. The van der Waals surface area contributed by atoms with Crippen LogP contribution in [0.3, 0.4) is 0 Å². The van der Waals surface area contributed by atoms with Crippen LogP contribution in [0.15, 0.2) is 9.95 Å². The number of nitrogens with one attached hydrogen (secondary N) is 1. The van der Waals surface area contributed by atoms with Gasteiger partial charge in [-0.3, -0.25) is 14.2 Å². The fourth-order valence-electron chi connectivity index (χ4n) is 3.61. The third-order valence-corrected chi connectivity index (χ3v) is 7.44. The van der Waals surface area contributed by atoms with Crippen LogP contribution in [0.5, 0.6) is 0 Å². The highest BCUT2D eigenvalue weighted by Gasteiger charge is 2.23. The largest absolute Gasteiger partial charge is 0.352 e. The minimum atomic E-state index is 0.00293. The predicted molar refractivity (Wildman–Crippen MR) is 109 cm³/mol. The Hall–Kier alpha value is -1.34. The van der Waals surface area contributed by atoms with Crippen molar-refractivity contribution in [3.63, 3.8) is 0 Å². The van der Waals surface area contributed by atoms with Crippen LogP contribution in [0.1, 0.15) is 50.0 Å². The third kappa shape index (κ3) is 3.83. The van der Waals surface area contributed by atoms with Gasteiger partial charge in [0.25, 0.3) is 5.56 Å². The number of carbonyl (C=O) groups is 1. The third-order valence-electron chi connectivity index (χ3n) is 5.36. The van der Waals surface area contributed by atoms with Crippen molar-refractivity contribution in [1.29, 1.82) is 0 Å². The molecule has 0 radical (unpaired) electrons. The Bertz CT molecular complexity index is 872. The Kier molecular flexibility index (Phi) is 6.07. The molecule has 2 atom stereocenters. The first kappa shape index (κ1) is 19.4. The molecule has 142 valence electrons. The molecule has 3 rings (SSSR count). The van der Waals surface area contributed by atoms with Gasteiger partial charge in [0.2, 0.25) is 5.91 Å². The van der Waals surface area contributed by atoms with Gasteiger partial charge in [-0.25, -0.2) is 4.98 Å². The quantitative estimate of drug-likeness (QED) is 0.618. The van der Waals surface area contributed by atoms with E-state index < -0.39 is 0 Å². The molecule has 0 unspecified atom stereocenters. The highest BCUT2D eigenvalue weighted by Crippen LogP contribution is 2.28. The highest BCUT2D eigenvalue weighted by atomic mass is 32.2. The Morgan fingerprint density at radius 3 is 2.77 bits per heavy atom. The Morgan fingerprint density at radius 2 is 2.08 bits per heavy atom. The van der Waals surface area contributed by atoms with E-state index in [9.17, 15) is 9.59 Å². The van der Waals surface area contributed by atoms with Gasteiger partial charge in [0.15, 0.2) is 5.16 Å². The molecule has 2 aromatic rings. The van der Waals surface area contributed by atoms with Crippen molar-refractivity contribution < 1.29 is 4.79 Å². The zero-order valence-corrected chi connectivity index (χ0v) is 17.6. The number of aromatic nitrogens is 2. The van der Waals surface area contributed by atoms with Gasteiger partial charge in [0.05, 0.1) is 11.1 Å². The fraction of sp³-hybridized carbons (Fsp3) is 0.632. The van der Waals surface area contributed by atoms with Crippen LogP contribution in [-0.4, -0.2) is 27.3 Å². The summed E-state index contributed by atoms with van der Waals surface area (Å²) in [5, 5.41) is 4.53. The molecule has 1 amide bonds. The lowest BCUT2D eigenvalue weighted by atomic mass is 9.86. The average molecular weight is 394 g/mol. The second-order valence-electron chi connectivity index (χ2n) is 7.13. The van der Waals surface area contributed by atoms with Crippen LogP contribution >= 0.6 is 23.1 Å². The molecule has 1 fully saturated rings. The maximum atomic E-state index is 12.8. The number of nitrogens with zero attached hydrogens (tertiary/aromatic N) is 2. The molecular weight excluding hydrogens is 366 g/mol. The number of amides is 1. The highest BCUT2D eigenvalue weighted by molar-refractivity contribution is 7.99. The summed E-state index contributed by atoms with van der Waals surface area (Å²) in [4.78, 5) is 31.8. The summed E-state index contributed by atoms with van der Waals surface area (Å²) >= 11 is 2.91. The van der Waals surface area contributed by atoms with E-state index in [1.54, 1.807) is 15.9 Å². The van der Waals surface area contributed by atoms with E-state index in [-0.39, 0.29) is 17.5 Å². The molecule has 0 saturated heterocycles. The number of hydrogen-bond donors (Lipinski definition) is 1. The monoisotopic (exact) mass is 393 g/mol. The first-order chi connectivity index (χ1) is 12.4. The number of thiophene rings is 1. The summed E-state index contributed by atoms with van der Waals surface area (Å²) in [7, 11) is 0. The summed E-state index contributed by atoms with van der Waals surface area (Å²) in [6.07, 6.45) is 4.69. The smallest absolute Gasteiger partial charge is 0.263 e. The molecule has 0 spiro atoms. The van der Waals surface area contributed by atoms with E-state index in [0.29, 0.717) is 23.4 Å². The molecular formula is C19H27N3O2S2. The molecule has 0 bridgehead atoms. The molecule has 26 heavy (non-hydrogen) atoms. The van der Waals surface area contributed by atoms with E-state index in [4.69, 9.17) is 0 Å². The SMILES string of the molecule is CCn1c(SCC(=O)N[C@@H]2CCCC[C@@H]2C)nc2sc(C)c(C)c2c1=O. The molecule has 5 nitrogen and oxygen atoms in total. The molecule has 1 N–H and O–H groups in total. The minimum Gasteiger partial charge on any atom is -0.352 e. The molecule has 1 aliphatic carbocycles. The van der Waals surface area contributed by atoms with Gasteiger partial charge in [-0.15, -0.1) is 11.3 Å². The topological polar surface area (TPSA) is 64.0 Å². The fourth-order valence-corrected chi connectivity index (χ4v) is 5.55. The zero-order chi connectivity index (χ0) is 18.8. The van der Waals surface area contributed by atoms with Crippen molar-refractivity contribution in [3.8, 4) is 0 Å². The van der Waals surface area contributed by atoms with E-state index in [2.05, 4.69) is 17.2 Å². The van der Waals surface area contributed by atoms with Crippen molar-refractivity contribution >= 4 is 39.2 Å². The molecule has 1 saturated carbocycles. The van der Waals surface area contributed by atoms with Gasteiger partial charge in [-0.1, -0.05) is 31.5 Å². The molecule has 2 aromatic heterocycles. The van der Waals surface area contributed by atoms with Crippen LogP contribution in [0, 0.1) is 19.8 Å². The maximum Gasteiger partial charge on any atom is 0.263 e. The van der Waals surface area contributed by atoms with E-state index in [1.165, 1.54) is 31.0 Å². The standard InChI is InChI=1S/C19H27N3O2S2/c1-5-22-18(24)16-12(3)13(4)26-17(16)21-19(22)25-10-15(23)20-14-9-7-6-8-11(14)2/h11,14H,5-10H2,1-4H3,(H,20,23)/t11-,14+/m0/s1. The zero-order valence-electron chi connectivity index (χ0n) is 15.9. The lowest BCUT2D eigenvalue weighted by Crippen LogP contribution is -2.41. The van der Waals surface area contributed by atoms with Crippen LogP contribution in [0.25, 0.3) is 10.2 Å². The lowest BCUT2D eigenvalue weighted by molar-refractivity contribution is -0.119. The summed E-state index contributed by atoms with van der Waals surface area (Å²) in [5.41, 5.74) is 1.02. The van der Waals surface area contributed by atoms with Gasteiger partial charge in [-0.05, 0) is 45.1 Å². The molecule has 0 aliphatic heterocycles. The summed E-state index contributed by atoms with van der Waals surface area (Å²) < 4.78 is 1.68. The van der Waals surface area contributed by atoms with Gasteiger partial charge >= 0.3 is 0 Å². The van der Waals surface area contributed by atoms with Gasteiger partial charge < -0.3 is 5.32 Å². The van der Waals surface area contributed by atoms with Gasteiger partial charge in [-0.2, -0.15) is 0 Å². The number of thioether (sulfide) groups is 1. The Balaban J connectivity index is 1.76. The first-order valence-corrected chi connectivity index (χ1v) is 11.1. The second-order valence-corrected chi connectivity index (χ2v) is 9.28. The number of carbonyl (C=O) groups excluding carboxylic acids is 1. The number of rotatable bonds is 5. The van der Waals surface area contributed by atoms with Crippen LogP contribution in [-0.2, 0) is 11.3 Å². The molecule has 1 aliphatic rings. The maximum absolute atomic E-state index is 12.8. The minimum absolute atomic E-state index is 0.00293. The number of fused-ring (bicyclic) bond motifs is 1. The Labute approximate surface area is 162 Å². The Morgan fingerprint density at radius 1 is 1.35 bits per heavy atom. The van der Waals surface area contributed by atoms with Crippen molar-refractivity contribution in [2.24, 2.45) is 5.92 Å². The average Bonchev–Trinajstić information content (AvgIpc) is 2.89. The normalized spacial score (nSPS) is 20.5. The summed E-state index contributed by atoms with van der Waals surface area (Å²) in [6, 6.07) is 0.281. The second kappa shape index (κ2) is 8.13. The van der Waals surface area contributed by atoms with E-state index in [1.807, 2.05) is 20.8 Å². The van der Waals surface area contributed by atoms with Crippen LogP contribution < -0.4 is 10.9 Å². The van der Waals surface area contributed by atoms with Crippen molar-refractivity contribution in [3.05, 3.63) is 20.8 Å². The lowest BCUT2D eigenvalue weighted by Gasteiger charge is -2.29. The first-order valence-electron chi connectivity index (χ1n) is 9.35. The molecule has 2 heterocycles. The molecule has 0 aromatic carbocycles. The number of hydrogen-bond acceptors (Lipinski definition) is 5. The van der Waals surface area contributed by atoms with E-state index in [0.717, 1.165) is 27.1 Å². The van der Waals surface area contributed by atoms with Crippen molar-refractivity contribution in [1.82, 2.24) is 14.9 Å². The summed E-state index contributed by atoms with van der Waals surface area (Å²) in [5.74, 6) is 0.868. The molecule has 7 heteroatoms. The van der Waals surface area contributed by atoms with Gasteiger partial charge in [0, 0.05) is 17.5 Å². The predicted octanol–water partition coefficient (Wildman–Crippen LogP) is 3.88. The van der Waals surface area contributed by atoms with E-state index >= 15 is 0 Å². The van der Waals surface area contributed by atoms with Crippen LogP contribution in [0.2, 0.25) is 0 Å². The van der Waals surface area contributed by atoms with Gasteiger partial charge in [0.1, 0.15) is 4.83 Å². The van der Waals surface area contributed by atoms with Crippen molar-refractivity contribution in [2.45, 2.75) is 71.1 Å².